The van der Waals surface area contributed by atoms with Gasteiger partial charge in [-0.15, -0.1) is 0 Å². The largest absolute Gasteiger partial charge is 0.466 e. The average Bonchev–Trinajstić information content (AvgIpc) is 3.38. The van der Waals surface area contributed by atoms with Crippen LogP contribution in [0.2, 0.25) is 0 Å². The number of carbonyl (C=O) groups is 1. The van der Waals surface area contributed by atoms with Gasteiger partial charge in [-0.3, -0.25) is 14.4 Å². The number of likely N-dealkylation sites (tertiary alicyclic amines) is 1. The molecule has 0 saturated carbocycles. The summed E-state index contributed by atoms with van der Waals surface area (Å²) in [6.07, 6.45) is 6.48. The molecule has 8 heteroatoms. The zero-order valence-corrected chi connectivity index (χ0v) is 18.1. The number of halogens is 1. The summed E-state index contributed by atoms with van der Waals surface area (Å²) in [6.45, 7) is 4.49. The van der Waals surface area contributed by atoms with Gasteiger partial charge < -0.3 is 9.57 Å². The molecule has 4 rings (SSSR count). The van der Waals surface area contributed by atoms with E-state index in [4.69, 9.17) is 9.57 Å². The Balaban J connectivity index is 1.46. The number of benzene rings is 1. The van der Waals surface area contributed by atoms with Crippen LogP contribution in [-0.4, -0.2) is 52.2 Å². The molecule has 1 fully saturated rings. The molecule has 1 aromatic heterocycles. The van der Waals surface area contributed by atoms with Crippen LogP contribution in [0.15, 0.2) is 41.8 Å². The molecule has 2 aliphatic rings. The van der Waals surface area contributed by atoms with Gasteiger partial charge in [-0.05, 0) is 44.0 Å². The van der Waals surface area contributed by atoms with Crippen LogP contribution in [0.5, 0.6) is 0 Å². The van der Waals surface area contributed by atoms with Gasteiger partial charge in [-0.2, -0.15) is 5.10 Å². The summed E-state index contributed by atoms with van der Waals surface area (Å²) in [5, 5.41) is 8.47. The fourth-order valence-electron chi connectivity index (χ4n) is 4.66. The summed E-state index contributed by atoms with van der Waals surface area (Å²) in [5.41, 5.74) is 2.12. The van der Waals surface area contributed by atoms with Crippen LogP contribution in [0.1, 0.15) is 43.7 Å². The first-order valence-corrected chi connectivity index (χ1v) is 10.8. The highest BCUT2D eigenvalue weighted by molar-refractivity contribution is 6.01. The van der Waals surface area contributed by atoms with Gasteiger partial charge in [0, 0.05) is 44.7 Å². The van der Waals surface area contributed by atoms with E-state index in [0.717, 1.165) is 42.8 Å². The normalized spacial score (nSPS) is 24.0. The van der Waals surface area contributed by atoms with Crippen molar-refractivity contribution in [3.05, 3.63) is 53.6 Å². The Bertz CT molecular complexity index is 943. The van der Waals surface area contributed by atoms with Crippen molar-refractivity contribution in [2.24, 2.45) is 17.6 Å². The Morgan fingerprint density at radius 1 is 1.35 bits per heavy atom. The number of carbonyl (C=O) groups excluding carboxylic acids is 1. The van der Waals surface area contributed by atoms with E-state index in [1.54, 1.807) is 16.8 Å². The number of rotatable bonds is 7. The molecular weight excluding hydrogens is 399 g/mol. The quantitative estimate of drug-likeness (QED) is 0.633. The molecule has 2 aliphatic heterocycles. The molecule has 2 aromatic rings. The smallest absolute Gasteiger partial charge is 0.313 e. The molecule has 31 heavy (non-hydrogen) atoms. The second-order valence-electron chi connectivity index (χ2n) is 8.52. The topological polar surface area (TPSA) is 69.0 Å². The molecule has 166 valence electrons. The number of ether oxygens (including phenoxy) is 1. The van der Waals surface area contributed by atoms with Gasteiger partial charge in [0.2, 0.25) is 0 Å². The SMILES string of the molecule is CCOC(=O)[C@@]1(C[C@@H]2CC(c3ccc(F)cc3)=NO2)CCCN(Cc2cnn(C)c2)C1. The van der Waals surface area contributed by atoms with Gasteiger partial charge in [0.15, 0.2) is 0 Å². The third-order valence-electron chi connectivity index (χ3n) is 6.06. The highest BCUT2D eigenvalue weighted by Crippen LogP contribution is 2.39. The lowest BCUT2D eigenvalue weighted by Crippen LogP contribution is -2.49. The van der Waals surface area contributed by atoms with Crippen LogP contribution < -0.4 is 0 Å². The minimum Gasteiger partial charge on any atom is -0.466 e. The van der Waals surface area contributed by atoms with Crippen LogP contribution in [0.4, 0.5) is 4.39 Å². The van der Waals surface area contributed by atoms with Crippen LogP contribution in [0.25, 0.3) is 0 Å². The highest BCUT2D eigenvalue weighted by Gasteiger charge is 2.46. The number of hydrogen-bond acceptors (Lipinski definition) is 6. The zero-order valence-electron chi connectivity index (χ0n) is 18.1. The Morgan fingerprint density at radius 3 is 2.87 bits per heavy atom. The minimum absolute atomic E-state index is 0.162. The van der Waals surface area contributed by atoms with E-state index in [2.05, 4.69) is 15.2 Å². The lowest BCUT2D eigenvalue weighted by atomic mass is 9.74. The zero-order chi connectivity index (χ0) is 21.8. The summed E-state index contributed by atoms with van der Waals surface area (Å²) >= 11 is 0. The Kier molecular flexibility index (Phi) is 6.36. The van der Waals surface area contributed by atoms with Gasteiger partial charge in [-0.1, -0.05) is 17.3 Å². The van der Waals surface area contributed by atoms with Crippen molar-refractivity contribution in [1.29, 1.82) is 0 Å². The van der Waals surface area contributed by atoms with Crippen LogP contribution in [0, 0.1) is 11.2 Å². The summed E-state index contributed by atoms with van der Waals surface area (Å²) in [4.78, 5) is 21.1. The van der Waals surface area contributed by atoms with Crippen molar-refractivity contribution in [3.63, 3.8) is 0 Å². The molecule has 0 unspecified atom stereocenters. The monoisotopic (exact) mass is 428 g/mol. The summed E-state index contributed by atoms with van der Waals surface area (Å²) < 4.78 is 20.5. The fraction of sp³-hybridized carbons (Fsp3) is 0.522. The first kappa shape index (κ1) is 21.5. The molecule has 0 N–H and O–H groups in total. The fourth-order valence-corrected chi connectivity index (χ4v) is 4.66. The third-order valence-corrected chi connectivity index (χ3v) is 6.06. The Hall–Kier alpha value is -2.74. The molecular formula is C23H29FN4O3. The first-order valence-electron chi connectivity index (χ1n) is 10.8. The number of aromatic nitrogens is 2. The molecule has 0 spiro atoms. The number of aryl methyl sites for hydroxylation is 1. The minimum atomic E-state index is -0.630. The Morgan fingerprint density at radius 2 is 2.16 bits per heavy atom. The molecule has 3 heterocycles. The number of piperidine rings is 1. The average molecular weight is 429 g/mol. The van der Waals surface area contributed by atoms with Crippen molar-refractivity contribution < 1.29 is 18.8 Å². The van der Waals surface area contributed by atoms with Crippen LogP contribution in [-0.2, 0) is 28.0 Å². The Labute approximate surface area is 181 Å². The maximum Gasteiger partial charge on any atom is 0.313 e. The number of oxime groups is 1. The lowest BCUT2D eigenvalue weighted by molar-refractivity contribution is -0.162. The lowest BCUT2D eigenvalue weighted by Gasteiger charge is -2.41. The summed E-state index contributed by atoms with van der Waals surface area (Å²) in [5.74, 6) is -0.443. The summed E-state index contributed by atoms with van der Waals surface area (Å²) in [7, 11) is 1.90. The predicted octanol–water partition coefficient (Wildman–Crippen LogP) is 3.29. The summed E-state index contributed by atoms with van der Waals surface area (Å²) in [6, 6.07) is 6.25. The standard InChI is InChI=1S/C23H29FN4O3/c1-3-30-22(29)23(9-4-10-28(16-23)15-17-13-25-27(2)14-17)12-20-11-21(26-31-20)18-5-7-19(24)8-6-18/h5-8,13-14,20H,3-4,9-12,15-16H2,1-2H3/t20-,23+/m0/s1. The molecule has 7 nitrogen and oxygen atoms in total. The van der Waals surface area contributed by atoms with E-state index in [1.165, 1.54) is 12.1 Å². The van der Waals surface area contributed by atoms with Crippen LogP contribution in [0.3, 0.4) is 0 Å². The predicted molar refractivity (Wildman–Crippen MR) is 114 cm³/mol. The van der Waals surface area contributed by atoms with Crippen molar-refractivity contribution in [1.82, 2.24) is 14.7 Å². The van der Waals surface area contributed by atoms with Gasteiger partial charge in [0.25, 0.3) is 0 Å². The van der Waals surface area contributed by atoms with E-state index in [-0.39, 0.29) is 17.9 Å². The van der Waals surface area contributed by atoms with E-state index >= 15 is 0 Å². The van der Waals surface area contributed by atoms with E-state index < -0.39 is 5.41 Å². The van der Waals surface area contributed by atoms with Gasteiger partial charge in [0.05, 0.1) is 23.9 Å². The van der Waals surface area contributed by atoms with Crippen molar-refractivity contribution in [2.45, 2.75) is 45.3 Å². The molecule has 1 saturated heterocycles. The maximum atomic E-state index is 13.2. The van der Waals surface area contributed by atoms with E-state index in [9.17, 15) is 9.18 Å². The second kappa shape index (κ2) is 9.18. The van der Waals surface area contributed by atoms with Gasteiger partial charge >= 0.3 is 5.97 Å². The number of esters is 1. The van der Waals surface area contributed by atoms with Crippen molar-refractivity contribution in [2.75, 3.05) is 19.7 Å². The van der Waals surface area contributed by atoms with E-state index in [0.29, 0.717) is 26.0 Å². The number of nitrogens with zero attached hydrogens (tertiary/aromatic N) is 4. The van der Waals surface area contributed by atoms with Crippen molar-refractivity contribution in [3.8, 4) is 0 Å². The molecule has 0 radical (unpaired) electrons. The van der Waals surface area contributed by atoms with Crippen LogP contribution >= 0.6 is 0 Å². The molecule has 1 aromatic carbocycles. The van der Waals surface area contributed by atoms with E-state index in [1.807, 2.05) is 26.4 Å². The maximum absolute atomic E-state index is 13.2. The van der Waals surface area contributed by atoms with Gasteiger partial charge in [-0.25, -0.2) is 4.39 Å². The first-order chi connectivity index (χ1) is 15.0. The molecule has 0 bridgehead atoms. The highest BCUT2D eigenvalue weighted by atomic mass is 19.1. The third kappa shape index (κ3) is 4.95. The molecule has 2 atom stereocenters. The van der Waals surface area contributed by atoms with Crippen molar-refractivity contribution >= 4 is 11.7 Å². The molecule has 0 aliphatic carbocycles. The second-order valence-corrected chi connectivity index (χ2v) is 8.52. The number of hydrogen-bond donors (Lipinski definition) is 0. The van der Waals surface area contributed by atoms with Gasteiger partial charge in [0.1, 0.15) is 11.9 Å². The molecule has 0 amide bonds.